The van der Waals surface area contributed by atoms with Crippen molar-refractivity contribution >= 4 is 0 Å². The Kier molecular flexibility index (Phi) is 1.60. The summed E-state index contributed by atoms with van der Waals surface area (Å²) in [7, 11) is 0. The summed E-state index contributed by atoms with van der Waals surface area (Å²) in [6.45, 7) is 8.13. The van der Waals surface area contributed by atoms with Gasteiger partial charge in [0.2, 0.25) is 0 Å². The van der Waals surface area contributed by atoms with Crippen LogP contribution in [0.2, 0.25) is 0 Å². The first kappa shape index (κ1) is 4.89. The van der Waals surface area contributed by atoms with Crippen LogP contribution in [0.25, 0.3) is 0 Å². The Balaban J connectivity index is 3.06. The van der Waals surface area contributed by atoms with E-state index < -0.39 is 12.7 Å². The van der Waals surface area contributed by atoms with Gasteiger partial charge in [0.05, 0.1) is 0 Å². The minimum Gasteiger partial charge on any atom is -0.0625 e. The van der Waals surface area contributed by atoms with Crippen LogP contribution in [0.3, 0.4) is 0 Å². The molecule has 1 aliphatic rings. The third-order valence-corrected chi connectivity index (χ3v) is 2.64. The Hall–Kier alpha value is 0. The van der Waals surface area contributed by atoms with Crippen LogP contribution in [0.1, 0.15) is 52.3 Å². The van der Waals surface area contributed by atoms with Crippen LogP contribution >= 0.6 is 0 Å². The molecule has 0 heterocycles. The van der Waals surface area contributed by atoms with Crippen molar-refractivity contribution in [3.05, 3.63) is 0 Å². The highest BCUT2D eigenvalue weighted by atomic mass is 14.4. The van der Waals surface area contributed by atoms with Crippen molar-refractivity contribution in [1.29, 1.82) is 0 Å². The molecular weight excluding hydrogens is 132 g/mol. The van der Waals surface area contributed by atoms with E-state index in [4.69, 9.17) is 5.48 Å². The summed E-state index contributed by atoms with van der Waals surface area (Å²) in [5, 5.41) is 0. The summed E-state index contributed by atoms with van der Waals surface area (Å²) < 4.78 is 31.6. The lowest BCUT2D eigenvalue weighted by atomic mass is 9.80. The maximum absolute atomic E-state index is 7.99. The molecule has 0 aromatic heterocycles. The summed E-state index contributed by atoms with van der Waals surface area (Å²) in [5.74, 6) is 0.553. The molecule has 0 amide bonds. The molecule has 1 saturated carbocycles. The predicted molar refractivity (Wildman–Crippen MR) is 50.5 cm³/mol. The van der Waals surface area contributed by atoms with Crippen molar-refractivity contribution in [2.75, 3.05) is 0 Å². The molecule has 2 atom stereocenters. The first-order valence-electron chi connectivity index (χ1n) is 6.61. The average molecular weight is 158 g/mol. The zero-order valence-electron chi connectivity index (χ0n) is 12.0. The normalized spacial score (nSPS) is 46.7. The van der Waals surface area contributed by atoms with E-state index in [1.165, 1.54) is 0 Å². The van der Waals surface area contributed by atoms with Gasteiger partial charge in [0.1, 0.15) is 0 Å². The van der Waals surface area contributed by atoms with Crippen LogP contribution < -0.4 is 0 Å². The standard InChI is InChI=1S/C11H22/c1-8(2)10-6-5-7-11(10)9(3)4/h8-11H,5-7H2,1-4H3/i5D2,6D2. The number of rotatable bonds is 2. The molecule has 0 nitrogen and oxygen atoms in total. The molecule has 2 unspecified atom stereocenters. The molecule has 0 aromatic rings. The van der Waals surface area contributed by atoms with E-state index in [0.717, 1.165) is 0 Å². The highest BCUT2D eigenvalue weighted by Crippen LogP contribution is 2.40. The first-order valence-corrected chi connectivity index (χ1v) is 4.61. The van der Waals surface area contributed by atoms with E-state index >= 15 is 0 Å². The van der Waals surface area contributed by atoms with Crippen molar-refractivity contribution in [3.63, 3.8) is 0 Å². The lowest BCUT2D eigenvalue weighted by Gasteiger charge is -2.26. The lowest BCUT2D eigenvalue weighted by Crippen LogP contribution is -2.18. The highest BCUT2D eigenvalue weighted by Gasteiger charge is 2.31. The van der Waals surface area contributed by atoms with Crippen LogP contribution in [0.5, 0.6) is 0 Å². The van der Waals surface area contributed by atoms with Crippen molar-refractivity contribution < 1.29 is 5.48 Å². The molecule has 0 aliphatic heterocycles. The number of hydrogen-bond donors (Lipinski definition) is 0. The molecule has 0 radical (unpaired) electrons. The Morgan fingerprint density at radius 1 is 1.09 bits per heavy atom. The summed E-state index contributed by atoms with van der Waals surface area (Å²) in [6.07, 6.45) is -2.99. The predicted octanol–water partition coefficient (Wildman–Crippen LogP) is 3.71. The van der Waals surface area contributed by atoms with Crippen molar-refractivity contribution in [2.24, 2.45) is 23.7 Å². The van der Waals surface area contributed by atoms with Gasteiger partial charge >= 0.3 is 0 Å². The fourth-order valence-corrected chi connectivity index (χ4v) is 1.84. The second-order valence-corrected chi connectivity index (χ2v) is 4.20. The van der Waals surface area contributed by atoms with Crippen LogP contribution in [-0.2, 0) is 0 Å². The molecule has 1 aliphatic carbocycles. The van der Waals surface area contributed by atoms with Gasteiger partial charge in [0.15, 0.2) is 0 Å². The van der Waals surface area contributed by atoms with Crippen molar-refractivity contribution in [1.82, 2.24) is 0 Å². The van der Waals surface area contributed by atoms with E-state index in [1.807, 2.05) is 13.8 Å². The molecular formula is C11H22. The fraction of sp³-hybridized carbons (Fsp3) is 1.00. The van der Waals surface area contributed by atoms with Crippen LogP contribution in [0.4, 0.5) is 0 Å². The average Bonchev–Trinajstić information content (AvgIpc) is 2.18. The minimum atomic E-state index is -1.68. The smallest absolute Gasteiger partial charge is 0.0270 e. The molecule has 66 valence electrons. The van der Waals surface area contributed by atoms with E-state index in [0.29, 0.717) is 12.3 Å². The van der Waals surface area contributed by atoms with Gasteiger partial charge < -0.3 is 0 Å². The molecule has 0 saturated heterocycles. The van der Waals surface area contributed by atoms with E-state index in [2.05, 4.69) is 13.8 Å². The second-order valence-electron chi connectivity index (χ2n) is 4.20. The van der Waals surface area contributed by atoms with Gasteiger partial charge in [0.25, 0.3) is 0 Å². The van der Waals surface area contributed by atoms with Gasteiger partial charge in [0, 0.05) is 5.48 Å². The van der Waals surface area contributed by atoms with Crippen molar-refractivity contribution in [2.45, 2.75) is 46.9 Å². The Bertz CT molecular complexity index is 233. The van der Waals surface area contributed by atoms with E-state index in [9.17, 15) is 0 Å². The Morgan fingerprint density at radius 2 is 1.64 bits per heavy atom. The molecule has 1 fully saturated rings. The largest absolute Gasteiger partial charge is 0.0625 e. The highest BCUT2D eigenvalue weighted by molar-refractivity contribution is 4.81. The summed E-state index contributed by atoms with van der Waals surface area (Å²) in [5.41, 5.74) is 0. The monoisotopic (exact) mass is 158 g/mol. The molecule has 0 spiro atoms. The molecule has 11 heavy (non-hydrogen) atoms. The first-order chi connectivity index (χ1) is 6.61. The van der Waals surface area contributed by atoms with Gasteiger partial charge in [-0.25, -0.2) is 0 Å². The molecule has 0 N–H and O–H groups in total. The Morgan fingerprint density at radius 3 is 2.00 bits per heavy atom. The van der Waals surface area contributed by atoms with Crippen molar-refractivity contribution in [3.8, 4) is 0 Å². The maximum atomic E-state index is 7.99. The van der Waals surface area contributed by atoms with Gasteiger partial charge in [-0.15, -0.1) is 0 Å². The van der Waals surface area contributed by atoms with Crippen LogP contribution in [-0.4, -0.2) is 0 Å². The summed E-state index contributed by atoms with van der Waals surface area (Å²) in [4.78, 5) is 0. The molecule has 0 bridgehead atoms. The van der Waals surface area contributed by atoms with Crippen LogP contribution in [0, 0.1) is 23.7 Å². The summed E-state index contributed by atoms with van der Waals surface area (Å²) >= 11 is 0. The maximum Gasteiger partial charge on any atom is 0.0270 e. The molecule has 0 heteroatoms. The molecule has 1 rings (SSSR count). The third-order valence-electron chi connectivity index (χ3n) is 2.64. The van der Waals surface area contributed by atoms with Gasteiger partial charge in [-0.05, 0) is 36.5 Å². The molecule has 0 aromatic carbocycles. The zero-order chi connectivity index (χ0) is 12.0. The second kappa shape index (κ2) is 3.60. The minimum absolute atomic E-state index is 0.160. The van der Waals surface area contributed by atoms with Gasteiger partial charge in [-0.1, -0.05) is 34.1 Å². The third kappa shape index (κ3) is 1.98. The van der Waals surface area contributed by atoms with E-state index in [1.54, 1.807) is 0 Å². The van der Waals surface area contributed by atoms with E-state index in [-0.39, 0.29) is 17.8 Å². The van der Waals surface area contributed by atoms with Gasteiger partial charge in [-0.3, -0.25) is 0 Å². The van der Waals surface area contributed by atoms with Gasteiger partial charge in [-0.2, -0.15) is 0 Å². The topological polar surface area (TPSA) is 0 Å². The fourth-order valence-electron chi connectivity index (χ4n) is 1.84. The quantitative estimate of drug-likeness (QED) is 0.574. The Labute approximate surface area is 77.0 Å². The van der Waals surface area contributed by atoms with Crippen LogP contribution in [0.15, 0.2) is 0 Å². The lowest BCUT2D eigenvalue weighted by molar-refractivity contribution is 0.235. The SMILES string of the molecule is [2H]C1([2H])CC(C(C)C)C(C(C)C)C1([2H])[2H]. The zero-order valence-corrected chi connectivity index (χ0v) is 8.02. The number of hydrogen-bond acceptors (Lipinski definition) is 0. The summed E-state index contributed by atoms with van der Waals surface area (Å²) in [6, 6.07) is 0.